The van der Waals surface area contributed by atoms with Gasteiger partial charge in [0.25, 0.3) is 0 Å². The van der Waals surface area contributed by atoms with Crippen molar-refractivity contribution in [3.63, 3.8) is 0 Å². The van der Waals surface area contributed by atoms with E-state index in [1.807, 2.05) is 24.3 Å². The lowest BCUT2D eigenvalue weighted by molar-refractivity contribution is -0.886. The van der Waals surface area contributed by atoms with E-state index in [1.165, 1.54) is 4.90 Å². The van der Waals surface area contributed by atoms with Crippen molar-refractivity contribution in [3.05, 3.63) is 34.9 Å². The molecule has 5 heteroatoms. The third-order valence-electron chi connectivity index (χ3n) is 3.61. The third-order valence-corrected chi connectivity index (χ3v) is 3.86. The highest BCUT2D eigenvalue weighted by Crippen LogP contribution is 2.14. The maximum atomic E-state index is 10.3. The third kappa shape index (κ3) is 6.25. The minimum Gasteiger partial charge on any atom is -1.00 e. The molecule has 1 aromatic rings. The highest BCUT2D eigenvalue weighted by Gasteiger charge is 2.31. The van der Waals surface area contributed by atoms with Gasteiger partial charge in [-0.05, 0) is 17.7 Å². The fraction of sp³-hybridized carbons (Fsp3) is 0.500. The first kappa shape index (κ1) is 18.3. The van der Waals surface area contributed by atoms with Gasteiger partial charge in [0.05, 0.1) is 26.7 Å². The molecule has 2 rings (SSSR count). The maximum Gasteiger partial charge on any atom is 0.136 e. The fourth-order valence-corrected chi connectivity index (χ4v) is 2.34. The summed E-state index contributed by atoms with van der Waals surface area (Å²) in [6.07, 6.45) is 1.48. The van der Waals surface area contributed by atoms with Crippen LogP contribution in [0.1, 0.15) is 18.4 Å². The van der Waals surface area contributed by atoms with Crippen molar-refractivity contribution in [2.45, 2.75) is 25.0 Å². The lowest BCUT2D eigenvalue weighted by atomic mass is 9.92. The molecule has 1 aromatic carbocycles. The maximum absolute atomic E-state index is 10.3. The van der Waals surface area contributed by atoms with Gasteiger partial charge >= 0.3 is 0 Å². The smallest absolute Gasteiger partial charge is 0.136 e. The predicted molar refractivity (Wildman–Crippen MR) is 79.7 cm³/mol. The first-order valence-corrected chi connectivity index (χ1v) is 7.31. The molecule has 0 aromatic heterocycles. The number of hydrogen-bond donors (Lipinski definition) is 2. The second-order valence-corrected chi connectivity index (χ2v) is 5.85. The van der Waals surface area contributed by atoms with Crippen LogP contribution in [-0.4, -0.2) is 37.5 Å². The molecule has 21 heavy (non-hydrogen) atoms. The molecule has 0 saturated carbocycles. The Morgan fingerprint density at radius 1 is 1.29 bits per heavy atom. The van der Waals surface area contributed by atoms with Crippen molar-refractivity contribution in [3.8, 4) is 11.8 Å². The quantitative estimate of drug-likeness (QED) is 0.492. The largest absolute Gasteiger partial charge is 1.00 e. The molecular weight excluding hydrogens is 309 g/mol. The molecule has 1 heterocycles. The van der Waals surface area contributed by atoms with E-state index >= 15 is 0 Å². The minimum absolute atomic E-state index is 0. The molecule has 1 aliphatic heterocycles. The second kappa shape index (κ2) is 8.63. The SMILES string of the molecule is C[NH+]1CCC(O)(C#CCOCc2ccc(Cl)cc2)CC1.[Cl-]. The summed E-state index contributed by atoms with van der Waals surface area (Å²) in [5, 5.41) is 11.0. The number of aliphatic hydroxyl groups is 1. The lowest BCUT2D eigenvalue weighted by Crippen LogP contribution is -3.10. The van der Waals surface area contributed by atoms with Crippen LogP contribution in [0.15, 0.2) is 24.3 Å². The molecule has 0 atom stereocenters. The summed E-state index contributed by atoms with van der Waals surface area (Å²) in [7, 11) is 2.14. The number of halogens is 2. The summed E-state index contributed by atoms with van der Waals surface area (Å²) in [5.41, 5.74) is 0.251. The van der Waals surface area contributed by atoms with E-state index in [4.69, 9.17) is 16.3 Å². The summed E-state index contributed by atoms with van der Waals surface area (Å²) >= 11 is 5.81. The average molecular weight is 330 g/mol. The first-order valence-electron chi connectivity index (χ1n) is 6.93. The molecule has 0 spiro atoms. The van der Waals surface area contributed by atoms with Gasteiger partial charge in [-0.15, -0.1) is 0 Å². The predicted octanol–water partition coefficient (Wildman–Crippen LogP) is -2.10. The number of nitrogens with one attached hydrogen (secondary N) is 1. The van der Waals surface area contributed by atoms with Gasteiger partial charge in [-0.3, -0.25) is 0 Å². The van der Waals surface area contributed by atoms with Crippen LogP contribution < -0.4 is 17.3 Å². The van der Waals surface area contributed by atoms with Gasteiger partial charge < -0.3 is 27.2 Å². The number of likely N-dealkylation sites (tertiary alicyclic amines) is 1. The van der Waals surface area contributed by atoms with Crippen LogP contribution in [0.25, 0.3) is 0 Å². The second-order valence-electron chi connectivity index (χ2n) is 5.41. The van der Waals surface area contributed by atoms with E-state index in [9.17, 15) is 5.11 Å². The van der Waals surface area contributed by atoms with Crippen molar-refractivity contribution in [2.24, 2.45) is 0 Å². The molecule has 0 amide bonds. The Balaban J connectivity index is 0.00000220. The van der Waals surface area contributed by atoms with Crippen LogP contribution in [0.3, 0.4) is 0 Å². The standard InChI is InChI=1S/C16H20ClNO2.ClH/c1-18-10-8-16(19,9-11-18)7-2-12-20-13-14-3-5-15(17)6-4-14;/h3-6,19H,8-13H2,1H3;1H. The van der Waals surface area contributed by atoms with Gasteiger partial charge in [0.1, 0.15) is 12.2 Å². The van der Waals surface area contributed by atoms with Crippen LogP contribution >= 0.6 is 11.6 Å². The lowest BCUT2D eigenvalue weighted by Gasteiger charge is -2.30. The number of hydrogen-bond acceptors (Lipinski definition) is 2. The molecule has 0 unspecified atom stereocenters. The molecular formula is C16H21Cl2NO2. The molecule has 0 aliphatic carbocycles. The number of quaternary nitrogens is 1. The molecule has 1 aliphatic rings. The average Bonchev–Trinajstić information content (AvgIpc) is 2.44. The Labute approximate surface area is 137 Å². The van der Waals surface area contributed by atoms with Crippen molar-refractivity contribution in [1.29, 1.82) is 0 Å². The first-order chi connectivity index (χ1) is 9.57. The molecule has 2 N–H and O–H groups in total. The molecule has 116 valence electrons. The summed E-state index contributed by atoms with van der Waals surface area (Å²) in [6, 6.07) is 7.55. The zero-order chi connectivity index (χ0) is 14.4. The Bertz CT molecular complexity index is 485. The normalized spacial score (nSPS) is 24.6. The van der Waals surface area contributed by atoms with Gasteiger partial charge in [-0.2, -0.15) is 0 Å². The van der Waals surface area contributed by atoms with E-state index in [0.717, 1.165) is 36.5 Å². The van der Waals surface area contributed by atoms with E-state index in [0.29, 0.717) is 13.2 Å². The Kier molecular flexibility index (Phi) is 7.51. The van der Waals surface area contributed by atoms with Crippen LogP contribution in [0.2, 0.25) is 5.02 Å². The Hall–Kier alpha value is -0.760. The monoisotopic (exact) mass is 329 g/mol. The van der Waals surface area contributed by atoms with Crippen LogP contribution in [-0.2, 0) is 11.3 Å². The van der Waals surface area contributed by atoms with Gasteiger partial charge in [-0.1, -0.05) is 35.6 Å². The van der Waals surface area contributed by atoms with Crippen molar-refractivity contribution >= 4 is 11.6 Å². The van der Waals surface area contributed by atoms with E-state index in [1.54, 1.807) is 0 Å². The van der Waals surface area contributed by atoms with Crippen LogP contribution in [0, 0.1) is 11.8 Å². The highest BCUT2D eigenvalue weighted by atomic mass is 35.5. The zero-order valence-corrected chi connectivity index (χ0v) is 13.7. The van der Waals surface area contributed by atoms with Gasteiger partial charge in [0.2, 0.25) is 0 Å². The minimum atomic E-state index is -0.816. The van der Waals surface area contributed by atoms with E-state index in [2.05, 4.69) is 18.9 Å². The number of piperidine rings is 1. The summed E-state index contributed by atoms with van der Waals surface area (Å²) < 4.78 is 5.48. The summed E-state index contributed by atoms with van der Waals surface area (Å²) in [6.45, 7) is 2.79. The van der Waals surface area contributed by atoms with Gasteiger partial charge in [0, 0.05) is 17.9 Å². The molecule has 1 saturated heterocycles. The fourth-order valence-electron chi connectivity index (χ4n) is 2.22. The molecule has 0 bridgehead atoms. The molecule has 1 fully saturated rings. The zero-order valence-electron chi connectivity index (χ0n) is 12.2. The number of rotatable bonds is 3. The van der Waals surface area contributed by atoms with Gasteiger partial charge in [0.15, 0.2) is 0 Å². The van der Waals surface area contributed by atoms with E-state index < -0.39 is 5.60 Å². The summed E-state index contributed by atoms with van der Waals surface area (Å²) in [5.74, 6) is 5.89. The highest BCUT2D eigenvalue weighted by molar-refractivity contribution is 6.30. The molecule has 0 radical (unpaired) electrons. The van der Waals surface area contributed by atoms with E-state index in [-0.39, 0.29) is 12.4 Å². The Morgan fingerprint density at radius 2 is 1.90 bits per heavy atom. The Morgan fingerprint density at radius 3 is 2.52 bits per heavy atom. The molecule has 3 nitrogen and oxygen atoms in total. The van der Waals surface area contributed by atoms with Crippen molar-refractivity contribution in [1.82, 2.24) is 0 Å². The van der Waals surface area contributed by atoms with Crippen LogP contribution in [0.5, 0.6) is 0 Å². The van der Waals surface area contributed by atoms with Gasteiger partial charge in [-0.25, -0.2) is 0 Å². The van der Waals surface area contributed by atoms with Crippen molar-refractivity contribution in [2.75, 3.05) is 26.7 Å². The van der Waals surface area contributed by atoms with Crippen molar-refractivity contribution < 1.29 is 27.2 Å². The number of ether oxygens (including phenoxy) is 1. The number of benzene rings is 1. The topological polar surface area (TPSA) is 33.9 Å². The van der Waals surface area contributed by atoms with Crippen LogP contribution in [0.4, 0.5) is 0 Å². The summed E-state index contributed by atoms with van der Waals surface area (Å²) in [4.78, 5) is 1.45.